The largest absolute Gasteiger partial charge is 0.497 e. The summed E-state index contributed by atoms with van der Waals surface area (Å²) in [5.41, 5.74) is 2.89. The first kappa shape index (κ1) is 97.0. The number of benzene rings is 8. The van der Waals surface area contributed by atoms with Gasteiger partial charge < -0.3 is 80.5 Å². The molecule has 33 heteroatoms. The van der Waals surface area contributed by atoms with Crippen LogP contribution in [0.5, 0.6) is 46.3 Å². The molecule has 2 amide bonds. The molecule has 9 atom stereocenters. The summed E-state index contributed by atoms with van der Waals surface area (Å²) in [5.74, 6) is 2.29. The summed E-state index contributed by atoms with van der Waals surface area (Å²) >= 11 is 0. The number of aliphatic hydroxyl groups is 2. The van der Waals surface area contributed by atoms with Gasteiger partial charge in [0.05, 0.1) is 86.6 Å². The van der Waals surface area contributed by atoms with Crippen molar-refractivity contribution in [1.29, 1.82) is 5.26 Å². The summed E-state index contributed by atoms with van der Waals surface area (Å²) < 4.78 is 103. The average Bonchev–Trinajstić information content (AvgIpc) is 1.60. The minimum absolute atomic E-state index is 0.0404. The Morgan fingerprint density at radius 2 is 0.835 bits per heavy atom. The highest BCUT2D eigenvalue weighted by atomic mass is 31.2. The van der Waals surface area contributed by atoms with Crippen LogP contribution in [0.25, 0.3) is 22.3 Å². The number of para-hydroxylation sites is 2. The molecule has 0 saturated carbocycles. The van der Waals surface area contributed by atoms with Crippen molar-refractivity contribution in [2.75, 3.05) is 85.3 Å². The molecular weight excluding hydrogens is 1730 g/mol. The van der Waals surface area contributed by atoms with E-state index in [1.165, 1.54) is 12.7 Å². The zero-order valence-corrected chi connectivity index (χ0v) is 79.1. The molecule has 31 nitrogen and oxygen atoms in total. The van der Waals surface area contributed by atoms with Crippen LogP contribution in [0, 0.1) is 11.3 Å². The van der Waals surface area contributed by atoms with Gasteiger partial charge in [-0.25, -0.2) is 14.6 Å². The molecule has 1 unspecified atom stereocenters. The van der Waals surface area contributed by atoms with Gasteiger partial charge in [0.25, 0.3) is 20.3 Å². The summed E-state index contributed by atoms with van der Waals surface area (Å²) in [4.78, 5) is 56.7. The minimum Gasteiger partial charge on any atom is -0.497 e. The fraction of sp³-hybridized carbons (Fsp3) is 0.390. The van der Waals surface area contributed by atoms with Crippen molar-refractivity contribution in [1.82, 2.24) is 43.7 Å². The molecule has 0 aliphatic carbocycles. The quantitative estimate of drug-likeness (QED) is 0.0119. The number of nitriles is 1. The lowest BCUT2D eigenvalue weighted by Crippen LogP contribution is -2.50. The lowest BCUT2D eigenvalue weighted by atomic mass is 9.80. The number of anilines is 2. The predicted octanol–water partition coefficient (Wildman–Crippen LogP) is 17.0. The first-order chi connectivity index (χ1) is 64.4. The number of carbonyl (C=O) groups is 2. The third-order valence-electron chi connectivity index (χ3n) is 23.8. The maximum Gasteiger partial charge on any atom is 0.264 e. The number of hydrogen-bond acceptors (Lipinski definition) is 27. The molecule has 2 aliphatic rings. The number of fused-ring (bicyclic) bond motifs is 2. The van der Waals surface area contributed by atoms with E-state index in [0.29, 0.717) is 60.2 Å². The van der Waals surface area contributed by atoms with Gasteiger partial charge in [-0.05, 0) is 165 Å². The van der Waals surface area contributed by atoms with Gasteiger partial charge in [-0.1, -0.05) is 186 Å². The Kier molecular flexibility index (Phi) is 32.6. The minimum atomic E-state index is -2.71. The van der Waals surface area contributed by atoms with Crippen LogP contribution in [0.3, 0.4) is 0 Å². The topological polar surface area (TPSA) is 351 Å². The van der Waals surface area contributed by atoms with E-state index in [0.717, 1.165) is 39.8 Å². The van der Waals surface area contributed by atoms with Crippen LogP contribution in [-0.4, -0.2) is 197 Å². The maximum atomic E-state index is 13.9. The Morgan fingerprint density at radius 1 is 0.481 bits per heavy atom. The first-order valence-corrected chi connectivity index (χ1v) is 48.7. The normalized spacial score (nSPS) is 17.8. The molecule has 2 aliphatic heterocycles. The van der Waals surface area contributed by atoms with E-state index < -0.39 is 88.9 Å². The Balaban J connectivity index is 0.713. The van der Waals surface area contributed by atoms with Crippen molar-refractivity contribution >= 4 is 62.9 Å². The Hall–Kier alpha value is -12.1. The average molecular weight is 1850 g/mol. The maximum absolute atomic E-state index is 13.9. The van der Waals surface area contributed by atoms with Gasteiger partial charge in [0.1, 0.15) is 82.3 Å². The number of hydrogen-bond donors (Lipinski definition) is 4. The summed E-state index contributed by atoms with van der Waals surface area (Å²) in [5, 5.41) is 41.2. The number of nitrogens with one attached hydrogen (secondary N) is 2. The number of aromatic nitrogens is 8. The first-order valence-electron chi connectivity index (χ1n) is 44.6. The number of aliphatic hydroxyl groups excluding tert-OH is 2. The highest BCUT2D eigenvalue weighted by Gasteiger charge is 2.54. The highest BCUT2D eigenvalue weighted by Crippen LogP contribution is 2.53. The van der Waals surface area contributed by atoms with Crippen LogP contribution >= 0.6 is 8.53 Å². The third kappa shape index (κ3) is 22.7. The summed E-state index contributed by atoms with van der Waals surface area (Å²) in [6.45, 7) is 18.1. The van der Waals surface area contributed by atoms with E-state index in [-0.39, 0.29) is 116 Å². The Bertz CT molecular complexity index is 5690. The fourth-order valence-corrected chi connectivity index (χ4v) is 19.2. The van der Waals surface area contributed by atoms with Crippen LogP contribution in [0.15, 0.2) is 231 Å². The fourth-order valence-electron chi connectivity index (χ4n) is 16.1. The van der Waals surface area contributed by atoms with Gasteiger partial charge in [-0.3, -0.25) is 29.4 Å². The number of carbonyl (C=O) groups excluding carboxylic acids is 2. The van der Waals surface area contributed by atoms with Gasteiger partial charge in [0, 0.05) is 12.1 Å². The van der Waals surface area contributed by atoms with Gasteiger partial charge in [-0.15, -0.1) is 0 Å². The molecule has 4 N–H and O–H groups in total. The monoisotopic (exact) mass is 1850 g/mol. The van der Waals surface area contributed by atoms with Gasteiger partial charge in [0.2, 0.25) is 23.7 Å². The highest BCUT2D eigenvalue weighted by molar-refractivity contribution is 7.44. The molecule has 2 fully saturated rings. The van der Waals surface area contributed by atoms with E-state index in [4.69, 9.17) is 100 Å². The Morgan fingerprint density at radius 3 is 1.20 bits per heavy atom. The predicted molar refractivity (Wildman–Crippen MR) is 504 cm³/mol. The van der Waals surface area contributed by atoms with Crippen molar-refractivity contribution in [3.05, 3.63) is 264 Å². The molecule has 4 aromatic heterocycles. The van der Waals surface area contributed by atoms with Crippen molar-refractivity contribution in [3.63, 3.8) is 0 Å². The number of unbranched alkanes of at least 4 members (excludes halogenated alkanes) is 4. The summed E-state index contributed by atoms with van der Waals surface area (Å²) in [6.07, 6.45) is -3.00. The zero-order valence-electron chi connectivity index (χ0n) is 77.2. The summed E-state index contributed by atoms with van der Waals surface area (Å²) in [7, 11) is 1.75. The molecule has 14 rings (SSSR count). The number of amides is 2. The van der Waals surface area contributed by atoms with E-state index in [9.17, 15) is 25.1 Å². The SMILES string of the molecule is COc1ccc(C(OC[C@H]2O[C@@H](n3cnc4c(OCCCCCCCOc5nc(NC(=O)COc6ccccc6)nc6c5ncn6[C@@H]5O[C@H](COC(c6ccccc6)(c6ccc(OC)cc6)c6ccc(OC)cc6)[C@@H](O[Si](C)(C)C(C)(C)C)[C@H]5O)nc(NC(=O)COc5ccccc5)nc43)[C@H](O)[C@@H]2OP(OCCC#N)N(C(C)C)C(C)C)(c2ccccc2)c2ccc(OC)cc2)cc1. The van der Waals surface area contributed by atoms with Gasteiger partial charge >= 0.3 is 0 Å². The van der Waals surface area contributed by atoms with E-state index in [1.54, 1.807) is 86.1 Å². The van der Waals surface area contributed by atoms with E-state index in [1.807, 2.05) is 198 Å². The van der Waals surface area contributed by atoms with Crippen LogP contribution in [-0.2, 0) is 53.2 Å². The second-order valence-corrected chi connectivity index (χ2v) is 40.5. The van der Waals surface area contributed by atoms with Gasteiger partial charge in [-0.2, -0.15) is 25.2 Å². The molecule has 133 heavy (non-hydrogen) atoms. The van der Waals surface area contributed by atoms with Crippen molar-refractivity contribution in [3.8, 4) is 52.3 Å². The van der Waals surface area contributed by atoms with Crippen molar-refractivity contribution < 1.29 is 90.1 Å². The van der Waals surface area contributed by atoms with E-state index in [2.05, 4.69) is 55.2 Å². The number of ether oxygens (including phenoxy) is 12. The standard InChI is InChI=1S/C100H117N12O19PSi/c1-66(2)112(67(3)4)132(127-59-31-56-101)130-88-80(60-125-99(68-32-21-17-22-33-68,70-40-48-74(117-8)49-41-70)71-42-50-75(118-9)51-43-71)128-94(86(88)115)110-64-102-84-90(110)106-96(104-82(113)62-123-78-36-25-19-26-37-78)108-92(84)121-57-29-15-14-16-30-58-122-93-85-91(107-97(109-93)105-83(114)63-124-79-38-27-20-28-39-79)111(65-103-85)95-87(116)89(131-133(12,13)98(5,6)7)81(129-95)61-126-100(69-34-23-18-24-35-69,72-44-52-76(119-10)53-45-72)73-46-54-77(120-11)55-47-73/h17-28,32-55,64-67,80-81,86-89,94-95,115-116H,14-16,29-31,57-63H2,1-13H3,(H,104,106,108,113)(H,105,107,109,114)/t80-,81-,86-,87-,88-,89-,94-,95-,132?/m1/s1. The van der Waals surface area contributed by atoms with Crippen molar-refractivity contribution in [2.24, 2.45) is 0 Å². The lowest BCUT2D eigenvalue weighted by Gasteiger charge is -2.41. The van der Waals surface area contributed by atoms with Crippen LogP contribution in [0.4, 0.5) is 11.9 Å². The van der Waals surface area contributed by atoms with Crippen LogP contribution in [0.2, 0.25) is 18.1 Å². The Labute approximate surface area is 777 Å². The molecule has 6 heterocycles. The van der Waals surface area contributed by atoms with Crippen molar-refractivity contribution in [2.45, 2.75) is 177 Å². The summed E-state index contributed by atoms with van der Waals surface area (Å²) in [6, 6.07) is 70.3. The number of rotatable bonds is 46. The van der Waals surface area contributed by atoms with Crippen LogP contribution in [0.1, 0.15) is 133 Å². The smallest absolute Gasteiger partial charge is 0.264 e. The molecule has 0 spiro atoms. The molecule has 700 valence electrons. The lowest BCUT2D eigenvalue weighted by molar-refractivity contribution is -0.118. The van der Waals surface area contributed by atoms with Gasteiger partial charge in [0.15, 0.2) is 56.3 Å². The molecule has 12 aromatic rings. The molecule has 8 aromatic carbocycles. The second-order valence-electron chi connectivity index (χ2n) is 34.3. The molecular formula is C100H117N12O19PSi. The molecule has 0 radical (unpaired) electrons. The van der Waals surface area contributed by atoms with Crippen LogP contribution < -0.4 is 48.5 Å². The second kappa shape index (κ2) is 44.6. The zero-order chi connectivity index (χ0) is 93.8. The third-order valence-corrected chi connectivity index (χ3v) is 30.4. The molecule has 2 saturated heterocycles. The molecule has 0 bridgehead atoms. The number of methoxy groups -OCH3 is 4. The number of imidazole rings is 2. The van der Waals surface area contributed by atoms with E-state index >= 15 is 0 Å². The number of nitrogens with zero attached hydrogens (tertiary/aromatic N) is 10.